The number of rotatable bonds is 4. The molecule has 0 saturated carbocycles. The van der Waals surface area contributed by atoms with Gasteiger partial charge in [-0.2, -0.15) is 0 Å². The minimum atomic E-state index is 0.764. The van der Waals surface area contributed by atoms with Crippen LogP contribution in [0, 0.1) is 0 Å². The highest BCUT2D eigenvalue weighted by Crippen LogP contribution is 2.45. The third-order valence-corrected chi connectivity index (χ3v) is 10.0. The molecule has 0 bridgehead atoms. The summed E-state index contributed by atoms with van der Waals surface area (Å²) in [7, 11) is 0. The van der Waals surface area contributed by atoms with E-state index in [1.807, 2.05) is 6.07 Å². The molecule has 0 aliphatic carbocycles. The Balaban J connectivity index is 1.31. The zero-order chi connectivity index (χ0) is 31.9. The van der Waals surface area contributed by atoms with Crippen LogP contribution in [-0.2, 0) is 6.42 Å². The second kappa shape index (κ2) is 10.1. The maximum Gasteiger partial charge on any atom is 0.145 e. The van der Waals surface area contributed by atoms with Crippen LogP contribution in [0.15, 0.2) is 150 Å². The molecule has 10 rings (SSSR count). The number of hydrogen-bond donors (Lipinski definition) is 1. The molecule has 0 atom stereocenters. The lowest BCUT2D eigenvalue weighted by Crippen LogP contribution is -2.00. The van der Waals surface area contributed by atoms with Crippen LogP contribution < -0.4 is 5.73 Å². The molecule has 3 aromatic heterocycles. The summed E-state index contributed by atoms with van der Waals surface area (Å²) in [5.74, 6) is 0. The predicted molar refractivity (Wildman–Crippen MR) is 202 cm³/mol. The summed E-state index contributed by atoms with van der Waals surface area (Å²) in [5.41, 5.74) is 19.3. The van der Waals surface area contributed by atoms with E-state index in [0.717, 1.165) is 83.8 Å². The fourth-order valence-electron chi connectivity index (χ4n) is 7.99. The van der Waals surface area contributed by atoms with Crippen LogP contribution in [-0.4, -0.2) is 9.13 Å². The number of nitrogen functional groups attached to an aromatic ring is 1. The summed E-state index contributed by atoms with van der Waals surface area (Å²) in [6, 6.07) is 51.8. The van der Waals surface area contributed by atoms with E-state index in [1.165, 1.54) is 21.9 Å². The SMILES string of the molecule is CCc1cccc(-n2c3ccccc3c3cc(N)ccc32)c1-c1cccc2c1oc1c2ccc2c1c1ccccc1n2-c1ccccc1. The molecule has 7 aromatic carbocycles. The van der Waals surface area contributed by atoms with E-state index < -0.39 is 0 Å². The number of fused-ring (bicyclic) bond motifs is 10. The molecule has 0 amide bonds. The normalized spacial score (nSPS) is 12.0. The second-order valence-electron chi connectivity index (χ2n) is 12.6. The Morgan fingerprint density at radius 3 is 2.02 bits per heavy atom. The van der Waals surface area contributed by atoms with Crippen LogP contribution in [0.25, 0.3) is 88.1 Å². The summed E-state index contributed by atoms with van der Waals surface area (Å²) < 4.78 is 11.9. The van der Waals surface area contributed by atoms with E-state index in [2.05, 4.69) is 156 Å². The number of benzene rings is 7. The molecule has 0 fully saturated rings. The molecule has 4 nitrogen and oxygen atoms in total. The quantitative estimate of drug-likeness (QED) is 0.200. The minimum Gasteiger partial charge on any atom is -0.455 e. The van der Waals surface area contributed by atoms with E-state index in [0.29, 0.717) is 0 Å². The highest BCUT2D eigenvalue weighted by molar-refractivity contribution is 6.25. The van der Waals surface area contributed by atoms with E-state index >= 15 is 0 Å². The van der Waals surface area contributed by atoms with Crippen LogP contribution in [0.5, 0.6) is 0 Å². The van der Waals surface area contributed by atoms with Crippen LogP contribution in [0.4, 0.5) is 5.69 Å². The monoisotopic (exact) mass is 617 g/mol. The first-order chi connectivity index (χ1) is 23.7. The van der Waals surface area contributed by atoms with Gasteiger partial charge in [-0.05, 0) is 72.6 Å². The summed E-state index contributed by atoms with van der Waals surface area (Å²) in [6.07, 6.45) is 0.888. The fraction of sp³-hybridized carbons (Fsp3) is 0.0455. The van der Waals surface area contributed by atoms with E-state index in [4.69, 9.17) is 10.2 Å². The Morgan fingerprint density at radius 2 is 1.19 bits per heavy atom. The van der Waals surface area contributed by atoms with Gasteiger partial charge in [-0.3, -0.25) is 0 Å². The molecule has 10 aromatic rings. The van der Waals surface area contributed by atoms with Crippen LogP contribution in [0.3, 0.4) is 0 Å². The van der Waals surface area contributed by atoms with E-state index in [1.54, 1.807) is 0 Å². The predicted octanol–water partition coefficient (Wildman–Crippen LogP) is 11.6. The molecule has 0 aliphatic rings. The first-order valence-corrected chi connectivity index (χ1v) is 16.6. The van der Waals surface area contributed by atoms with Gasteiger partial charge >= 0.3 is 0 Å². The lowest BCUT2D eigenvalue weighted by atomic mass is 9.94. The highest BCUT2D eigenvalue weighted by atomic mass is 16.3. The Bertz CT molecular complexity index is 2890. The molecule has 2 N–H and O–H groups in total. The van der Waals surface area contributed by atoms with Crippen molar-refractivity contribution in [2.45, 2.75) is 13.3 Å². The summed E-state index contributed by atoms with van der Waals surface area (Å²) >= 11 is 0. The van der Waals surface area contributed by atoms with Crippen molar-refractivity contribution in [2.75, 3.05) is 5.73 Å². The van der Waals surface area contributed by atoms with Gasteiger partial charge in [0, 0.05) is 49.4 Å². The molecule has 4 heteroatoms. The van der Waals surface area contributed by atoms with Crippen molar-refractivity contribution < 1.29 is 4.42 Å². The third kappa shape index (κ3) is 3.66. The van der Waals surface area contributed by atoms with Crippen molar-refractivity contribution in [3.05, 3.63) is 151 Å². The molecule has 48 heavy (non-hydrogen) atoms. The number of nitrogens with two attached hydrogens (primary N) is 1. The maximum atomic E-state index is 7.13. The lowest BCUT2D eigenvalue weighted by Gasteiger charge is -2.18. The molecule has 0 aliphatic heterocycles. The Labute approximate surface area is 276 Å². The van der Waals surface area contributed by atoms with Gasteiger partial charge in [0.25, 0.3) is 0 Å². The molecule has 0 radical (unpaired) electrons. The van der Waals surface area contributed by atoms with Crippen LogP contribution in [0.1, 0.15) is 12.5 Å². The van der Waals surface area contributed by atoms with Crippen LogP contribution >= 0.6 is 0 Å². The topological polar surface area (TPSA) is 49.0 Å². The first kappa shape index (κ1) is 26.9. The molecule has 0 unspecified atom stereocenters. The number of aromatic nitrogens is 2. The van der Waals surface area contributed by atoms with Crippen molar-refractivity contribution in [2.24, 2.45) is 0 Å². The fourth-order valence-corrected chi connectivity index (χ4v) is 7.99. The van der Waals surface area contributed by atoms with Gasteiger partial charge in [-0.25, -0.2) is 0 Å². The zero-order valence-corrected chi connectivity index (χ0v) is 26.4. The van der Waals surface area contributed by atoms with Gasteiger partial charge in [0.05, 0.1) is 33.1 Å². The molecule has 228 valence electrons. The van der Waals surface area contributed by atoms with Crippen molar-refractivity contribution in [3.8, 4) is 22.5 Å². The summed E-state index contributed by atoms with van der Waals surface area (Å²) in [5, 5.41) is 6.90. The standard InChI is InChI=1S/C44H31N3O/c1-2-27-12-10-21-39(47-36-19-8-6-15-30(36)35-26-28(45)22-24-38(35)47)41(27)34-18-11-17-31-32-23-25-40-42(44(32)48-43(31)34)33-16-7-9-20-37(33)46(40)29-13-4-3-5-14-29/h3-26H,2,45H2,1H3. The van der Waals surface area contributed by atoms with Crippen molar-refractivity contribution in [1.82, 2.24) is 9.13 Å². The lowest BCUT2D eigenvalue weighted by molar-refractivity contribution is 0.674. The zero-order valence-electron chi connectivity index (χ0n) is 26.4. The molecular weight excluding hydrogens is 587 g/mol. The average molecular weight is 618 g/mol. The Hall–Kier alpha value is -6.26. The van der Waals surface area contributed by atoms with E-state index in [9.17, 15) is 0 Å². The van der Waals surface area contributed by atoms with Gasteiger partial charge in [0.15, 0.2) is 0 Å². The van der Waals surface area contributed by atoms with Crippen molar-refractivity contribution in [1.29, 1.82) is 0 Å². The maximum absolute atomic E-state index is 7.13. The first-order valence-electron chi connectivity index (χ1n) is 16.6. The molecule has 3 heterocycles. The Kier molecular flexibility index (Phi) is 5.67. The number of hydrogen-bond acceptors (Lipinski definition) is 2. The number of para-hydroxylation sites is 4. The highest BCUT2D eigenvalue weighted by Gasteiger charge is 2.23. The smallest absolute Gasteiger partial charge is 0.145 e. The molecular formula is C44H31N3O. The molecule has 0 spiro atoms. The second-order valence-corrected chi connectivity index (χ2v) is 12.6. The van der Waals surface area contributed by atoms with Gasteiger partial charge in [-0.1, -0.05) is 91.9 Å². The third-order valence-electron chi connectivity index (χ3n) is 10.0. The Morgan fingerprint density at radius 1 is 0.521 bits per heavy atom. The largest absolute Gasteiger partial charge is 0.455 e. The van der Waals surface area contributed by atoms with Crippen molar-refractivity contribution in [3.63, 3.8) is 0 Å². The van der Waals surface area contributed by atoms with E-state index in [-0.39, 0.29) is 0 Å². The summed E-state index contributed by atoms with van der Waals surface area (Å²) in [4.78, 5) is 0. The van der Waals surface area contributed by atoms with Crippen molar-refractivity contribution >= 4 is 71.2 Å². The van der Waals surface area contributed by atoms with Crippen LogP contribution in [0.2, 0.25) is 0 Å². The molecule has 0 saturated heterocycles. The summed E-state index contributed by atoms with van der Waals surface area (Å²) in [6.45, 7) is 2.23. The number of aryl methyl sites for hydroxylation is 1. The average Bonchev–Trinajstić information content (AvgIpc) is 3.79. The van der Waals surface area contributed by atoms with Gasteiger partial charge < -0.3 is 19.3 Å². The van der Waals surface area contributed by atoms with Gasteiger partial charge in [0.2, 0.25) is 0 Å². The minimum absolute atomic E-state index is 0.764. The number of anilines is 1. The van der Waals surface area contributed by atoms with Gasteiger partial charge in [0.1, 0.15) is 11.2 Å². The number of nitrogens with zero attached hydrogens (tertiary/aromatic N) is 2. The number of furan rings is 1. The van der Waals surface area contributed by atoms with Gasteiger partial charge in [-0.15, -0.1) is 0 Å².